The van der Waals surface area contributed by atoms with Gasteiger partial charge in [-0.2, -0.15) is 5.21 Å². The Kier molecular flexibility index (Phi) is 2.77. The van der Waals surface area contributed by atoms with Gasteiger partial charge in [0.25, 0.3) is 5.95 Å². The predicted octanol–water partition coefficient (Wildman–Crippen LogP) is 0.664. The van der Waals surface area contributed by atoms with Crippen LogP contribution in [0.4, 0.5) is 5.95 Å². The van der Waals surface area contributed by atoms with Crippen LogP contribution in [0.15, 0.2) is 23.2 Å². The van der Waals surface area contributed by atoms with Crippen LogP contribution >= 0.6 is 0 Å². The molecule has 0 fully saturated rings. The number of aliphatic imine (C=N–C) groups is 1. The Balaban J connectivity index is 2.28. The van der Waals surface area contributed by atoms with Crippen molar-refractivity contribution in [3.63, 3.8) is 0 Å². The summed E-state index contributed by atoms with van der Waals surface area (Å²) in [7, 11) is 1.48. The summed E-state index contributed by atoms with van der Waals surface area (Å²) in [5, 5.41) is 22.7. The van der Waals surface area contributed by atoms with Crippen LogP contribution in [0.2, 0.25) is 0 Å². The number of para-hydroxylation sites is 1. The molecule has 2 rings (SSSR count). The average molecular weight is 219 g/mol. The molecule has 82 valence electrons. The highest BCUT2D eigenvalue weighted by molar-refractivity contribution is 5.85. The average Bonchev–Trinajstić information content (AvgIpc) is 2.81. The van der Waals surface area contributed by atoms with Crippen LogP contribution in [0, 0.1) is 0 Å². The number of phenolic OH excluding ortho intramolecular Hbond substituents is 1. The number of rotatable bonds is 3. The fraction of sp³-hybridized carbons (Fsp3) is 0.111. The van der Waals surface area contributed by atoms with Crippen molar-refractivity contribution in [2.24, 2.45) is 4.99 Å². The van der Waals surface area contributed by atoms with Crippen LogP contribution in [0.1, 0.15) is 5.56 Å². The topological polar surface area (TPSA) is 96.3 Å². The summed E-state index contributed by atoms with van der Waals surface area (Å²) >= 11 is 0. The van der Waals surface area contributed by atoms with Gasteiger partial charge >= 0.3 is 0 Å². The first kappa shape index (κ1) is 10.1. The van der Waals surface area contributed by atoms with Crippen LogP contribution < -0.4 is 4.74 Å². The molecule has 0 spiro atoms. The molecule has 0 aliphatic heterocycles. The van der Waals surface area contributed by atoms with Gasteiger partial charge < -0.3 is 9.84 Å². The van der Waals surface area contributed by atoms with Gasteiger partial charge in [0, 0.05) is 11.8 Å². The van der Waals surface area contributed by atoms with Gasteiger partial charge in [-0.15, -0.1) is 5.10 Å². The molecule has 2 N–H and O–H groups in total. The van der Waals surface area contributed by atoms with E-state index in [-0.39, 0.29) is 11.7 Å². The molecule has 0 saturated carbocycles. The van der Waals surface area contributed by atoms with Crippen molar-refractivity contribution in [3.8, 4) is 11.5 Å². The zero-order valence-electron chi connectivity index (χ0n) is 8.45. The standard InChI is InChI=1S/C9H9N5O2/c1-16-7-4-2-3-6(8(7)15)5-10-9-11-13-14-12-9/h2-5,15H,1H3,(H,11,12,13,14). The van der Waals surface area contributed by atoms with Crippen LogP contribution in [-0.4, -0.2) is 39.1 Å². The molecule has 0 saturated heterocycles. The Morgan fingerprint density at radius 1 is 1.50 bits per heavy atom. The second-order valence-electron chi connectivity index (χ2n) is 2.87. The Bertz CT molecular complexity index is 495. The molecule has 7 heteroatoms. The quantitative estimate of drug-likeness (QED) is 0.739. The van der Waals surface area contributed by atoms with E-state index in [4.69, 9.17) is 4.74 Å². The fourth-order valence-corrected chi connectivity index (χ4v) is 1.15. The summed E-state index contributed by atoms with van der Waals surface area (Å²) in [6.07, 6.45) is 1.43. The summed E-state index contributed by atoms with van der Waals surface area (Å²) in [6.45, 7) is 0. The number of methoxy groups -OCH3 is 1. The highest BCUT2D eigenvalue weighted by Crippen LogP contribution is 2.28. The van der Waals surface area contributed by atoms with Crippen molar-refractivity contribution in [2.45, 2.75) is 0 Å². The minimum absolute atomic E-state index is 0.0252. The van der Waals surface area contributed by atoms with Crippen LogP contribution in [0.3, 0.4) is 0 Å². The fourth-order valence-electron chi connectivity index (χ4n) is 1.15. The van der Waals surface area contributed by atoms with Crippen LogP contribution in [-0.2, 0) is 0 Å². The number of hydrogen-bond donors (Lipinski definition) is 2. The molecule has 1 aromatic heterocycles. The predicted molar refractivity (Wildman–Crippen MR) is 56.1 cm³/mol. The van der Waals surface area contributed by atoms with E-state index < -0.39 is 0 Å². The number of tetrazole rings is 1. The minimum Gasteiger partial charge on any atom is -0.504 e. The lowest BCUT2D eigenvalue weighted by Crippen LogP contribution is -1.88. The van der Waals surface area contributed by atoms with Gasteiger partial charge in [0.1, 0.15) is 0 Å². The lowest BCUT2D eigenvalue weighted by molar-refractivity contribution is 0.373. The van der Waals surface area contributed by atoms with E-state index in [1.54, 1.807) is 18.2 Å². The van der Waals surface area contributed by atoms with E-state index in [1.165, 1.54) is 13.3 Å². The van der Waals surface area contributed by atoms with Gasteiger partial charge in [-0.05, 0) is 17.3 Å². The summed E-state index contributed by atoms with van der Waals surface area (Å²) < 4.78 is 4.96. The zero-order chi connectivity index (χ0) is 11.4. The number of ether oxygens (including phenoxy) is 1. The molecule has 1 aromatic carbocycles. The zero-order valence-corrected chi connectivity index (χ0v) is 8.45. The lowest BCUT2D eigenvalue weighted by Gasteiger charge is -2.04. The second kappa shape index (κ2) is 4.39. The van der Waals surface area contributed by atoms with E-state index in [9.17, 15) is 5.11 Å². The molecule has 16 heavy (non-hydrogen) atoms. The molecule has 2 aromatic rings. The maximum Gasteiger partial charge on any atom is 0.288 e. The number of benzene rings is 1. The molecule has 0 aliphatic rings. The molecular weight excluding hydrogens is 210 g/mol. The first-order valence-electron chi connectivity index (χ1n) is 4.44. The number of aromatic hydroxyl groups is 1. The van der Waals surface area contributed by atoms with E-state index in [0.717, 1.165) is 0 Å². The van der Waals surface area contributed by atoms with E-state index in [0.29, 0.717) is 11.3 Å². The van der Waals surface area contributed by atoms with Crippen molar-refractivity contribution in [1.29, 1.82) is 0 Å². The Morgan fingerprint density at radius 2 is 2.38 bits per heavy atom. The monoisotopic (exact) mass is 219 g/mol. The third-order valence-electron chi connectivity index (χ3n) is 1.90. The molecule has 7 nitrogen and oxygen atoms in total. The minimum atomic E-state index is 0.0252. The van der Waals surface area contributed by atoms with Gasteiger partial charge in [0.05, 0.1) is 7.11 Å². The molecule has 0 radical (unpaired) electrons. The Hall–Kier alpha value is -2.44. The van der Waals surface area contributed by atoms with E-state index in [1.807, 2.05) is 0 Å². The first-order chi connectivity index (χ1) is 7.81. The lowest BCUT2D eigenvalue weighted by atomic mass is 10.2. The number of aromatic nitrogens is 4. The van der Waals surface area contributed by atoms with Gasteiger partial charge in [0.2, 0.25) is 0 Å². The van der Waals surface area contributed by atoms with Crippen molar-refractivity contribution in [1.82, 2.24) is 20.6 Å². The molecule has 0 bridgehead atoms. The first-order valence-corrected chi connectivity index (χ1v) is 4.44. The molecule has 0 atom stereocenters. The smallest absolute Gasteiger partial charge is 0.288 e. The van der Waals surface area contributed by atoms with E-state index >= 15 is 0 Å². The molecule has 0 unspecified atom stereocenters. The van der Waals surface area contributed by atoms with Gasteiger partial charge in [-0.1, -0.05) is 11.2 Å². The van der Waals surface area contributed by atoms with Crippen LogP contribution in [0.5, 0.6) is 11.5 Å². The van der Waals surface area contributed by atoms with Crippen molar-refractivity contribution in [2.75, 3.05) is 7.11 Å². The van der Waals surface area contributed by atoms with Crippen molar-refractivity contribution >= 4 is 12.2 Å². The number of nitrogens with one attached hydrogen (secondary N) is 1. The van der Waals surface area contributed by atoms with Crippen molar-refractivity contribution in [3.05, 3.63) is 23.8 Å². The highest BCUT2D eigenvalue weighted by Gasteiger charge is 2.04. The summed E-state index contributed by atoms with van der Waals surface area (Å²) in [5.74, 6) is 0.608. The van der Waals surface area contributed by atoms with Gasteiger partial charge in [0.15, 0.2) is 11.5 Å². The Labute approximate surface area is 90.8 Å². The highest BCUT2D eigenvalue weighted by atomic mass is 16.5. The normalized spacial score (nSPS) is 10.8. The molecular formula is C9H9N5O2. The molecule has 1 heterocycles. The van der Waals surface area contributed by atoms with Gasteiger partial charge in [-0.3, -0.25) is 0 Å². The summed E-state index contributed by atoms with van der Waals surface area (Å²) in [6, 6.07) is 5.10. The number of hydrogen-bond acceptors (Lipinski definition) is 6. The SMILES string of the molecule is COc1cccc(C=Nc2nn[nH]n2)c1O. The number of aromatic amines is 1. The van der Waals surface area contributed by atoms with Crippen LogP contribution in [0.25, 0.3) is 0 Å². The maximum absolute atomic E-state index is 9.74. The maximum atomic E-state index is 9.74. The van der Waals surface area contributed by atoms with Crippen molar-refractivity contribution < 1.29 is 9.84 Å². The van der Waals surface area contributed by atoms with Gasteiger partial charge in [-0.25, -0.2) is 4.99 Å². The number of H-pyrrole nitrogens is 1. The second-order valence-corrected chi connectivity index (χ2v) is 2.87. The van der Waals surface area contributed by atoms with E-state index in [2.05, 4.69) is 25.6 Å². The third kappa shape index (κ3) is 1.97. The number of phenols is 1. The molecule has 0 aliphatic carbocycles. The third-order valence-corrected chi connectivity index (χ3v) is 1.90. The summed E-state index contributed by atoms with van der Waals surface area (Å²) in [4.78, 5) is 3.92. The number of nitrogens with zero attached hydrogens (tertiary/aromatic N) is 4. The Morgan fingerprint density at radius 3 is 3.06 bits per heavy atom. The summed E-state index contributed by atoms with van der Waals surface area (Å²) in [5.41, 5.74) is 0.518. The largest absolute Gasteiger partial charge is 0.504 e. The molecule has 0 amide bonds.